The average Bonchev–Trinajstić information content (AvgIpc) is 2.76. The number of fused-ring (bicyclic) bond motifs is 1. The lowest BCUT2D eigenvalue weighted by Gasteiger charge is -2.31. The Morgan fingerprint density at radius 2 is 2.14 bits per heavy atom. The first-order valence-corrected chi connectivity index (χ1v) is 7.42. The lowest BCUT2D eigenvalue weighted by atomic mass is 9.94. The number of amides is 2. The van der Waals surface area contributed by atoms with Gasteiger partial charge in [0.25, 0.3) is 5.91 Å². The molecule has 0 aromatic heterocycles. The summed E-state index contributed by atoms with van der Waals surface area (Å²) >= 11 is 0. The molecule has 2 aliphatic rings. The molecule has 1 N–H and O–H groups in total. The first-order chi connectivity index (χ1) is 10.5. The number of ether oxygens (including phenoxy) is 2. The molecule has 1 atom stereocenters. The monoisotopic (exact) mass is 304 g/mol. The molecule has 1 saturated heterocycles. The molecule has 118 valence electrons. The topological polar surface area (TPSA) is 67.9 Å². The Labute approximate surface area is 129 Å². The summed E-state index contributed by atoms with van der Waals surface area (Å²) in [6.07, 6.45) is 1.72. The minimum Gasteiger partial charge on any atom is -0.497 e. The van der Waals surface area contributed by atoms with Gasteiger partial charge in [0.05, 0.1) is 19.2 Å². The van der Waals surface area contributed by atoms with E-state index in [0.717, 1.165) is 0 Å². The molecule has 2 amide bonds. The molecular formula is C16H20N2O4. The molecule has 2 aliphatic heterocycles. The van der Waals surface area contributed by atoms with Gasteiger partial charge < -0.3 is 19.7 Å². The summed E-state index contributed by atoms with van der Waals surface area (Å²) in [5.74, 6) is 1.11. The van der Waals surface area contributed by atoms with Gasteiger partial charge in [-0.1, -0.05) is 0 Å². The molecule has 1 spiro atoms. The number of methoxy groups -OCH3 is 1. The van der Waals surface area contributed by atoms with Crippen LogP contribution in [0.2, 0.25) is 0 Å². The largest absolute Gasteiger partial charge is 0.497 e. The summed E-state index contributed by atoms with van der Waals surface area (Å²) in [6, 6.07) is 5.22. The van der Waals surface area contributed by atoms with E-state index in [1.54, 1.807) is 37.3 Å². The van der Waals surface area contributed by atoms with Crippen molar-refractivity contribution in [2.75, 3.05) is 27.2 Å². The predicted molar refractivity (Wildman–Crippen MR) is 80.2 cm³/mol. The van der Waals surface area contributed by atoms with E-state index < -0.39 is 5.60 Å². The van der Waals surface area contributed by atoms with Crippen molar-refractivity contribution >= 4 is 11.8 Å². The van der Waals surface area contributed by atoms with Crippen molar-refractivity contribution in [1.29, 1.82) is 0 Å². The molecule has 0 radical (unpaired) electrons. The van der Waals surface area contributed by atoms with Crippen LogP contribution < -0.4 is 14.8 Å². The molecule has 1 fully saturated rings. The summed E-state index contributed by atoms with van der Waals surface area (Å²) in [7, 11) is 3.36. The number of carbonyl (C=O) groups excluding carboxylic acids is 2. The van der Waals surface area contributed by atoms with Gasteiger partial charge in [-0.2, -0.15) is 0 Å². The van der Waals surface area contributed by atoms with Gasteiger partial charge in [-0.25, -0.2) is 0 Å². The second-order valence-corrected chi connectivity index (χ2v) is 5.90. The smallest absolute Gasteiger partial charge is 0.255 e. The summed E-state index contributed by atoms with van der Waals surface area (Å²) < 4.78 is 11.4. The van der Waals surface area contributed by atoms with Gasteiger partial charge in [0.2, 0.25) is 5.91 Å². The third-order valence-electron chi connectivity index (χ3n) is 4.45. The van der Waals surface area contributed by atoms with Gasteiger partial charge >= 0.3 is 0 Å². The van der Waals surface area contributed by atoms with E-state index >= 15 is 0 Å². The minimum absolute atomic E-state index is 0.117. The average molecular weight is 304 g/mol. The highest BCUT2D eigenvalue weighted by Gasteiger charge is 2.39. The summed E-state index contributed by atoms with van der Waals surface area (Å²) in [6.45, 7) is 1.03. The van der Waals surface area contributed by atoms with E-state index in [1.807, 2.05) is 0 Å². The standard InChI is InChI=1S/C16H20N2O4/c1-18-8-7-16(6-5-14(18)19)10-17-15(20)12-9-11(21-2)3-4-13(12)22-16/h3-4,9H,5-8,10H2,1-2H3,(H,17,20). The zero-order chi connectivity index (χ0) is 15.7. The first-order valence-electron chi connectivity index (χ1n) is 7.42. The van der Waals surface area contributed by atoms with Crippen LogP contribution in [0.15, 0.2) is 18.2 Å². The number of nitrogens with zero attached hydrogens (tertiary/aromatic N) is 1. The van der Waals surface area contributed by atoms with Crippen LogP contribution in [0.4, 0.5) is 0 Å². The van der Waals surface area contributed by atoms with Crippen molar-refractivity contribution in [3.63, 3.8) is 0 Å². The van der Waals surface area contributed by atoms with E-state index in [-0.39, 0.29) is 11.8 Å². The molecule has 1 aromatic carbocycles. The van der Waals surface area contributed by atoms with Gasteiger partial charge in [-0.15, -0.1) is 0 Å². The van der Waals surface area contributed by atoms with E-state index in [1.165, 1.54) is 0 Å². The highest BCUT2D eigenvalue weighted by atomic mass is 16.5. The number of nitrogens with one attached hydrogen (secondary N) is 1. The Balaban J connectivity index is 1.93. The Morgan fingerprint density at radius 1 is 1.32 bits per heavy atom. The van der Waals surface area contributed by atoms with Gasteiger partial charge in [0, 0.05) is 26.4 Å². The molecular weight excluding hydrogens is 284 g/mol. The van der Waals surface area contributed by atoms with Gasteiger partial charge in [-0.3, -0.25) is 9.59 Å². The van der Waals surface area contributed by atoms with Crippen molar-refractivity contribution in [1.82, 2.24) is 10.2 Å². The first kappa shape index (κ1) is 14.7. The van der Waals surface area contributed by atoms with Crippen molar-refractivity contribution in [3.8, 4) is 11.5 Å². The number of hydrogen-bond acceptors (Lipinski definition) is 4. The third-order valence-corrected chi connectivity index (χ3v) is 4.45. The van der Waals surface area contributed by atoms with Crippen LogP contribution in [0.1, 0.15) is 29.6 Å². The number of benzene rings is 1. The fourth-order valence-corrected chi connectivity index (χ4v) is 2.93. The van der Waals surface area contributed by atoms with Gasteiger partial charge in [-0.05, 0) is 24.6 Å². The molecule has 6 heteroatoms. The quantitative estimate of drug-likeness (QED) is 0.846. The van der Waals surface area contributed by atoms with E-state index in [4.69, 9.17) is 9.47 Å². The molecule has 1 aromatic rings. The number of carbonyl (C=O) groups is 2. The maximum absolute atomic E-state index is 12.3. The van der Waals surface area contributed by atoms with Crippen LogP contribution in [0.3, 0.4) is 0 Å². The molecule has 3 rings (SSSR count). The number of rotatable bonds is 1. The Hall–Kier alpha value is -2.24. The van der Waals surface area contributed by atoms with E-state index in [9.17, 15) is 9.59 Å². The zero-order valence-electron chi connectivity index (χ0n) is 12.8. The molecule has 0 bridgehead atoms. The predicted octanol–water partition coefficient (Wildman–Crippen LogP) is 1.20. The highest BCUT2D eigenvalue weighted by Crippen LogP contribution is 2.34. The summed E-state index contributed by atoms with van der Waals surface area (Å²) in [4.78, 5) is 25.9. The fraction of sp³-hybridized carbons (Fsp3) is 0.500. The van der Waals surface area contributed by atoms with Crippen LogP contribution in [0.5, 0.6) is 11.5 Å². The van der Waals surface area contributed by atoms with Gasteiger partial charge in [0.1, 0.15) is 17.1 Å². The maximum Gasteiger partial charge on any atom is 0.255 e. The molecule has 6 nitrogen and oxygen atoms in total. The Kier molecular flexibility index (Phi) is 3.68. The van der Waals surface area contributed by atoms with Crippen LogP contribution in [-0.2, 0) is 4.79 Å². The maximum atomic E-state index is 12.3. The molecule has 0 saturated carbocycles. The van der Waals surface area contributed by atoms with Gasteiger partial charge in [0.15, 0.2) is 0 Å². The molecule has 0 aliphatic carbocycles. The zero-order valence-corrected chi connectivity index (χ0v) is 12.8. The van der Waals surface area contributed by atoms with Crippen LogP contribution >= 0.6 is 0 Å². The fourth-order valence-electron chi connectivity index (χ4n) is 2.93. The van der Waals surface area contributed by atoms with Crippen molar-refractivity contribution < 1.29 is 19.1 Å². The Morgan fingerprint density at radius 3 is 2.91 bits per heavy atom. The molecule has 22 heavy (non-hydrogen) atoms. The van der Waals surface area contributed by atoms with Crippen LogP contribution in [0, 0.1) is 0 Å². The summed E-state index contributed by atoms with van der Waals surface area (Å²) in [5.41, 5.74) is -0.0595. The second kappa shape index (κ2) is 5.51. The third kappa shape index (κ3) is 2.61. The SMILES string of the molecule is COc1ccc2c(c1)C(=O)NCC1(CCC(=O)N(C)CC1)O2. The van der Waals surface area contributed by atoms with Crippen LogP contribution in [-0.4, -0.2) is 49.6 Å². The van der Waals surface area contributed by atoms with Crippen molar-refractivity contribution in [2.45, 2.75) is 24.9 Å². The molecule has 1 unspecified atom stereocenters. The summed E-state index contributed by atoms with van der Waals surface area (Å²) in [5, 5.41) is 2.92. The molecule has 2 heterocycles. The van der Waals surface area contributed by atoms with Crippen molar-refractivity contribution in [3.05, 3.63) is 23.8 Å². The van der Waals surface area contributed by atoms with Crippen LogP contribution in [0.25, 0.3) is 0 Å². The lowest BCUT2D eigenvalue weighted by molar-refractivity contribution is -0.129. The Bertz CT molecular complexity index is 616. The van der Waals surface area contributed by atoms with Crippen molar-refractivity contribution in [2.24, 2.45) is 0 Å². The second-order valence-electron chi connectivity index (χ2n) is 5.90. The number of hydrogen-bond donors (Lipinski definition) is 1. The normalized spacial score (nSPS) is 24.9. The highest BCUT2D eigenvalue weighted by molar-refractivity contribution is 5.97. The minimum atomic E-state index is -0.532. The number of likely N-dealkylation sites (tertiary alicyclic amines) is 1. The van der Waals surface area contributed by atoms with E-state index in [0.29, 0.717) is 49.4 Å². The van der Waals surface area contributed by atoms with E-state index in [2.05, 4.69) is 5.32 Å². The lowest BCUT2D eigenvalue weighted by Crippen LogP contribution is -2.45.